The normalized spacial score (nSPS) is 11.1. The molecular formula is C20H21N7O. The molecule has 4 aromatic rings. The lowest BCUT2D eigenvalue weighted by Gasteiger charge is -2.06. The molecule has 0 unspecified atom stereocenters. The van der Waals surface area contributed by atoms with E-state index in [1.165, 1.54) is 0 Å². The minimum atomic E-state index is -0.191. The number of nitrogens with one attached hydrogen (secondary N) is 1. The van der Waals surface area contributed by atoms with Crippen molar-refractivity contribution in [3.63, 3.8) is 0 Å². The third kappa shape index (κ3) is 3.24. The largest absolute Gasteiger partial charge is 0.323 e. The molecule has 0 bridgehead atoms. The number of para-hydroxylation sites is 1. The number of benzene rings is 1. The van der Waals surface area contributed by atoms with Crippen LogP contribution in [0.1, 0.15) is 28.6 Å². The van der Waals surface area contributed by atoms with Crippen molar-refractivity contribution in [3.05, 3.63) is 65.0 Å². The van der Waals surface area contributed by atoms with Crippen LogP contribution in [0, 0.1) is 27.7 Å². The van der Waals surface area contributed by atoms with Gasteiger partial charge in [-0.15, -0.1) is 5.10 Å². The van der Waals surface area contributed by atoms with E-state index >= 15 is 0 Å². The number of anilines is 1. The van der Waals surface area contributed by atoms with Crippen molar-refractivity contribution in [2.24, 2.45) is 0 Å². The molecule has 0 aliphatic carbocycles. The average Bonchev–Trinajstić information content (AvgIpc) is 3.18. The Kier molecular flexibility index (Phi) is 4.38. The Balaban J connectivity index is 1.56. The molecule has 1 N–H and O–H groups in total. The standard InChI is InChI=1S/C20H21N7O/c1-12-10-13(2)26-20(21-12)22-17(25-26)11-18(28)23-19-14(3)24-27(15(19)4)16-8-6-5-7-9-16/h5-10H,11H2,1-4H3,(H,23,28). The summed E-state index contributed by atoms with van der Waals surface area (Å²) in [6.45, 7) is 7.65. The first kappa shape index (κ1) is 17.8. The maximum Gasteiger partial charge on any atom is 0.252 e. The predicted molar refractivity (Wildman–Crippen MR) is 106 cm³/mol. The van der Waals surface area contributed by atoms with E-state index in [-0.39, 0.29) is 12.3 Å². The minimum absolute atomic E-state index is 0.0667. The number of amides is 1. The number of aromatic nitrogens is 6. The summed E-state index contributed by atoms with van der Waals surface area (Å²) in [6, 6.07) is 11.7. The van der Waals surface area contributed by atoms with Crippen molar-refractivity contribution in [1.82, 2.24) is 29.4 Å². The summed E-state index contributed by atoms with van der Waals surface area (Å²) < 4.78 is 3.48. The molecule has 0 aliphatic rings. The number of carbonyl (C=O) groups is 1. The summed E-state index contributed by atoms with van der Waals surface area (Å²) in [4.78, 5) is 21.3. The number of fused-ring (bicyclic) bond motifs is 1. The van der Waals surface area contributed by atoms with Crippen LogP contribution >= 0.6 is 0 Å². The van der Waals surface area contributed by atoms with Crippen LogP contribution in [0.4, 0.5) is 5.69 Å². The summed E-state index contributed by atoms with van der Waals surface area (Å²) in [5, 5.41) is 11.9. The smallest absolute Gasteiger partial charge is 0.252 e. The molecule has 3 aromatic heterocycles. The summed E-state index contributed by atoms with van der Waals surface area (Å²) in [7, 11) is 0. The molecule has 0 atom stereocenters. The van der Waals surface area contributed by atoms with Gasteiger partial charge in [-0.2, -0.15) is 10.1 Å². The van der Waals surface area contributed by atoms with Crippen LogP contribution in [0.5, 0.6) is 0 Å². The number of hydrogen-bond acceptors (Lipinski definition) is 5. The minimum Gasteiger partial charge on any atom is -0.323 e. The molecular weight excluding hydrogens is 354 g/mol. The molecule has 0 aliphatic heterocycles. The molecule has 0 fully saturated rings. The van der Waals surface area contributed by atoms with Crippen LogP contribution < -0.4 is 5.32 Å². The van der Waals surface area contributed by atoms with Crippen molar-refractivity contribution in [2.45, 2.75) is 34.1 Å². The highest BCUT2D eigenvalue weighted by molar-refractivity contribution is 5.93. The van der Waals surface area contributed by atoms with Gasteiger partial charge in [0.15, 0.2) is 5.82 Å². The van der Waals surface area contributed by atoms with E-state index in [9.17, 15) is 4.79 Å². The second-order valence-electron chi connectivity index (χ2n) is 6.80. The number of hydrogen-bond donors (Lipinski definition) is 1. The molecule has 0 saturated carbocycles. The molecule has 28 heavy (non-hydrogen) atoms. The Labute approximate surface area is 162 Å². The van der Waals surface area contributed by atoms with Gasteiger partial charge < -0.3 is 5.32 Å². The molecule has 8 nitrogen and oxygen atoms in total. The van der Waals surface area contributed by atoms with Crippen molar-refractivity contribution >= 4 is 17.4 Å². The van der Waals surface area contributed by atoms with E-state index in [2.05, 4.69) is 25.5 Å². The maximum atomic E-state index is 12.6. The number of nitrogens with zero attached hydrogens (tertiary/aromatic N) is 6. The molecule has 0 radical (unpaired) electrons. The van der Waals surface area contributed by atoms with Crippen LogP contribution in [0.3, 0.4) is 0 Å². The van der Waals surface area contributed by atoms with Gasteiger partial charge in [-0.3, -0.25) is 4.79 Å². The van der Waals surface area contributed by atoms with Gasteiger partial charge in [0.2, 0.25) is 5.91 Å². The fraction of sp³-hybridized carbons (Fsp3) is 0.250. The van der Waals surface area contributed by atoms with E-state index in [4.69, 9.17) is 0 Å². The van der Waals surface area contributed by atoms with E-state index in [1.807, 2.05) is 68.8 Å². The van der Waals surface area contributed by atoms with Crippen molar-refractivity contribution in [1.29, 1.82) is 0 Å². The summed E-state index contributed by atoms with van der Waals surface area (Å²) >= 11 is 0. The Morgan fingerprint density at radius 1 is 1.04 bits per heavy atom. The molecule has 142 valence electrons. The van der Waals surface area contributed by atoms with Crippen LogP contribution in [0.25, 0.3) is 11.5 Å². The third-order valence-corrected chi connectivity index (χ3v) is 4.54. The fourth-order valence-electron chi connectivity index (χ4n) is 3.25. The average molecular weight is 375 g/mol. The number of carbonyl (C=O) groups excluding carboxylic acids is 1. The second kappa shape index (κ2) is 6.88. The Morgan fingerprint density at radius 2 is 1.79 bits per heavy atom. The SMILES string of the molecule is Cc1cc(C)n2nc(CC(=O)Nc3c(C)nn(-c4ccccc4)c3C)nc2n1. The summed E-state index contributed by atoms with van der Waals surface area (Å²) in [6.07, 6.45) is 0.0667. The first-order valence-corrected chi connectivity index (χ1v) is 9.04. The van der Waals surface area contributed by atoms with Crippen LogP contribution in [-0.2, 0) is 11.2 Å². The quantitative estimate of drug-likeness (QED) is 0.592. The summed E-state index contributed by atoms with van der Waals surface area (Å²) in [5.41, 5.74) is 5.08. The number of rotatable bonds is 4. The van der Waals surface area contributed by atoms with Gasteiger partial charge in [-0.25, -0.2) is 14.2 Å². The lowest BCUT2D eigenvalue weighted by molar-refractivity contribution is -0.115. The monoisotopic (exact) mass is 375 g/mol. The second-order valence-corrected chi connectivity index (χ2v) is 6.80. The summed E-state index contributed by atoms with van der Waals surface area (Å²) in [5.74, 6) is 0.748. The maximum absolute atomic E-state index is 12.6. The Hall–Kier alpha value is -3.55. The van der Waals surface area contributed by atoms with Crippen LogP contribution in [-0.4, -0.2) is 35.3 Å². The Bertz CT molecular complexity index is 1170. The topological polar surface area (TPSA) is 90.0 Å². The van der Waals surface area contributed by atoms with Gasteiger partial charge in [0, 0.05) is 11.4 Å². The van der Waals surface area contributed by atoms with Gasteiger partial charge in [0.25, 0.3) is 5.78 Å². The lowest BCUT2D eigenvalue weighted by atomic mass is 10.2. The molecule has 4 rings (SSSR count). The van der Waals surface area contributed by atoms with Crippen molar-refractivity contribution in [3.8, 4) is 5.69 Å². The highest BCUT2D eigenvalue weighted by Gasteiger charge is 2.17. The van der Waals surface area contributed by atoms with E-state index < -0.39 is 0 Å². The fourth-order valence-corrected chi connectivity index (χ4v) is 3.25. The Morgan fingerprint density at radius 3 is 2.54 bits per heavy atom. The number of aryl methyl sites for hydroxylation is 3. The predicted octanol–water partition coefficient (Wildman–Crippen LogP) is 2.72. The van der Waals surface area contributed by atoms with Crippen molar-refractivity contribution in [2.75, 3.05) is 5.32 Å². The van der Waals surface area contributed by atoms with E-state index in [0.29, 0.717) is 17.3 Å². The molecule has 0 spiro atoms. The van der Waals surface area contributed by atoms with Gasteiger partial charge in [0.05, 0.1) is 29.2 Å². The molecule has 0 saturated heterocycles. The van der Waals surface area contributed by atoms with Crippen LogP contribution in [0.15, 0.2) is 36.4 Å². The van der Waals surface area contributed by atoms with Gasteiger partial charge >= 0.3 is 0 Å². The first-order chi connectivity index (χ1) is 13.4. The van der Waals surface area contributed by atoms with E-state index in [1.54, 1.807) is 4.52 Å². The van der Waals surface area contributed by atoms with Gasteiger partial charge in [-0.05, 0) is 45.9 Å². The zero-order valence-electron chi connectivity index (χ0n) is 16.3. The zero-order chi connectivity index (χ0) is 19.8. The highest BCUT2D eigenvalue weighted by Crippen LogP contribution is 2.22. The molecule has 1 amide bonds. The molecule has 1 aromatic carbocycles. The van der Waals surface area contributed by atoms with E-state index in [0.717, 1.165) is 28.5 Å². The first-order valence-electron chi connectivity index (χ1n) is 9.04. The third-order valence-electron chi connectivity index (χ3n) is 4.54. The van der Waals surface area contributed by atoms with Crippen molar-refractivity contribution < 1.29 is 4.79 Å². The van der Waals surface area contributed by atoms with Gasteiger partial charge in [-0.1, -0.05) is 18.2 Å². The zero-order valence-corrected chi connectivity index (χ0v) is 16.3. The van der Waals surface area contributed by atoms with Crippen LogP contribution in [0.2, 0.25) is 0 Å². The highest BCUT2D eigenvalue weighted by atomic mass is 16.1. The van der Waals surface area contributed by atoms with Gasteiger partial charge in [0.1, 0.15) is 0 Å². The lowest BCUT2D eigenvalue weighted by Crippen LogP contribution is -2.16. The molecule has 8 heteroatoms. The molecule has 3 heterocycles.